The number of carbonyl (C=O) groups is 1. The molecular formula is C14H17Cl2N5O3S. The Balaban J connectivity index is 2.02. The molecule has 0 unspecified atom stereocenters. The molecule has 2 N–H and O–H groups in total. The molecule has 8 nitrogen and oxygen atoms in total. The zero-order valence-corrected chi connectivity index (χ0v) is 15.9. The van der Waals surface area contributed by atoms with E-state index in [1.807, 2.05) is 0 Å². The van der Waals surface area contributed by atoms with Crippen molar-refractivity contribution in [2.24, 2.45) is 0 Å². The Morgan fingerprint density at radius 3 is 2.96 bits per heavy atom. The monoisotopic (exact) mass is 405 g/mol. The second kappa shape index (κ2) is 9.23. The molecule has 0 aromatic carbocycles. The molecule has 0 aliphatic rings. The van der Waals surface area contributed by atoms with E-state index in [1.165, 1.54) is 16.8 Å². The zero-order chi connectivity index (χ0) is 18.4. The Morgan fingerprint density at radius 2 is 2.28 bits per heavy atom. The smallest absolute Gasteiger partial charge is 0.343 e. The Labute approximate surface area is 158 Å². The number of aromatic nitrogens is 4. The number of rotatable bonds is 8. The molecular weight excluding hydrogens is 389 g/mol. The predicted octanol–water partition coefficient (Wildman–Crippen LogP) is 2.43. The highest BCUT2D eigenvalue weighted by molar-refractivity contribution is 8.00. The van der Waals surface area contributed by atoms with Crippen molar-refractivity contribution in [3.63, 3.8) is 0 Å². The van der Waals surface area contributed by atoms with Crippen LogP contribution in [-0.4, -0.2) is 44.6 Å². The summed E-state index contributed by atoms with van der Waals surface area (Å²) in [6, 6.07) is 1.49. The van der Waals surface area contributed by atoms with Crippen LogP contribution in [0.15, 0.2) is 22.2 Å². The first-order valence-electron chi connectivity index (χ1n) is 7.35. The molecule has 2 aromatic rings. The van der Waals surface area contributed by atoms with E-state index in [4.69, 9.17) is 27.9 Å². The van der Waals surface area contributed by atoms with Gasteiger partial charge in [0, 0.05) is 26.5 Å². The number of nitrogens with one attached hydrogen (secondary N) is 2. The highest BCUT2D eigenvalue weighted by Crippen LogP contribution is 2.25. The van der Waals surface area contributed by atoms with Gasteiger partial charge >= 0.3 is 5.69 Å². The number of aromatic amines is 1. The number of methoxy groups -OCH3 is 1. The topological polar surface area (TPSA) is 102 Å². The number of amides is 1. The van der Waals surface area contributed by atoms with Gasteiger partial charge in [-0.2, -0.15) is 0 Å². The van der Waals surface area contributed by atoms with Gasteiger partial charge in [-0.25, -0.2) is 14.9 Å². The first-order valence-corrected chi connectivity index (χ1v) is 8.98. The Morgan fingerprint density at radius 1 is 1.52 bits per heavy atom. The van der Waals surface area contributed by atoms with Gasteiger partial charge in [0.15, 0.2) is 11.0 Å². The number of halogens is 2. The van der Waals surface area contributed by atoms with E-state index in [0.717, 1.165) is 11.8 Å². The summed E-state index contributed by atoms with van der Waals surface area (Å²) in [6.07, 6.45) is 2.05. The molecule has 0 aliphatic heterocycles. The standard InChI is InChI=1S/C14H17Cl2N5O3S/c1-8(12(22)18-11-10(16)6-9(15)7-17-11)25-14-20-19-13(23)21(14)4-3-5-24-2/h6-8H,3-5H2,1-2H3,(H,19,23)(H,17,18,22)/t8-/m1/s1. The molecule has 2 heterocycles. The number of H-pyrrole nitrogens is 1. The summed E-state index contributed by atoms with van der Waals surface area (Å²) < 4.78 is 6.45. The average Bonchev–Trinajstić information content (AvgIpc) is 2.90. The lowest BCUT2D eigenvalue weighted by Crippen LogP contribution is -2.24. The van der Waals surface area contributed by atoms with E-state index in [2.05, 4.69) is 20.5 Å². The van der Waals surface area contributed by atoms with Crippen LogP contribution in [0, 0.1) is 0 Å². The molecule has 0 spiro atoms. The van der Waals surface area contributed by atoms with Gasteiger partial charge in [0.1, 0.15) is 0 Å². The van der Waals surface area contributed by atoms with Crippen LogP contribution in [0.2, 0.25) is 10.0 Å². The first kappa shape index (κ1) is 19.8. The Kier molecular flexibility index (Phi) is 7.30. The van der Waals surface area contributed by atoms with Crippen molar-refractivity contribution >= 4 is 46.7 Å². The number of hydrogen-bond donors (Lipinski definition) is 2. The van der Waals surface area contributed by atoms with Crippen molar-refractivity contribution in [2.75, 3.05) is 19.0 Å². The highest BCUT2D eigenvalue weighted by Gasteiger charge is 2.20. The van der Waals surface area contributed by atoms with Gasteiger partial charge in [-0.15, -0.1) is 5.10 Å². The lowest BCUT2D eigenvalue weighted by Gasteiger charge is -2.12. The molecule has 1 amide bonds. The third-order valence-electron chi connectivity index (χ3n) is 3.15. The third-order valence-corrected chi connectivity index (χ3v) is 4.74. The van der Waals surface area contributed by atoms with Crippen LogP contribution < -0.4 is 11.0 Å². The van der Waals surface area contributed by atoms with E-state index in [1.54, 1.807) is 14.0 Å². The molecule has 2 rings (SSSR count). The fraction of sp³-hybridized carbons (Fsp3) is 0.429. The molecule has 0 saturated carbocycles. The molecule has 1 atom stereocenters. The lowest BCUT2D eigenvalue weighted by molar-refractivity contribution is -0.115. The second-order valence-corrected chi connectivity index (χ2v) is 7.19. The number of pyridine rings is 1. The second-order valence-electron chi connectivity index (χ2n) is 5.04. The van der Waals surface area contributed by atoms with E-state index >= 15 is 0 Å². The molecule has 136 valence electrons. The number of ether oxygens (including phenoxy) is 1. The Hall–Kier alpha value is -1.55. The van der Waals surface area contributed by atoms with Gasteiger partial charge in [0.05, 0.1) is 15.3 Å². The van der Waals surface area contributed by atoms with Crippen molar-refractivity contribution in [3.05, 3.63) is 32.8 Å². The van der Waals surface area contributed by atoms with Crippen LogP contribution in [0.5, 0.6) is 0 Å². The van der Waals surface area contributed by atoms with Gasteiger partial charge in [-0.3, -0.25) is 9.36 Å². The van der Waals surface area contributed by atoms with E-state index in [-0.39, 0.29) is 22.4 Å². The maximum Gasteiger partial charge on any atom is 0.343 e. The quantitative estimate of drug-likeness (QED) is 0.516. The number of anilines is 1. The van der Waals surface area contributed by atoms with Gasteiger partial charge in [0.2, 0.25) is 5.91 Å². The number of nitrogens with zero attached hydrogens (tertiary/aromatic N) is 3. The van der Waals surface area contributed by atoms with Crippen molar-refractivity contribution in [1.29, 1.82) is 0 Å². The highest BCUT2D eigenvalue weighted by atomic mass is 35.5. The number of hydrogen-bond acceptors (Lipinski definition) is 6. The molecule has 0 saturated heterocycles. The van der Waals surface area contributed by atoms with Gasteiger partial charge in [-0.05, 0) is 19.4 Å². The largest absolute Gasteiger partial charge is 0.385 e. The van der Waals surface area contributed by atoms with Crippen LogP contribution in [-0.2, 0) is 16.1 Å². The third kappa shape index (κ3) is 5.46. The van der Waals surface area contributed by atoms with Crippen molar-refractivity contribution in [2.45, 2.75) is 30.3 Å². The fourth-order valence-electron chi connectivity index (χ4n) is 1.89. The van der Waals surface area contributed by atoms with Crippen molar-refractivity contribution < 1.29 is 9.53 Å². The molecule has 0 radical (unpaired) electrons. The summed E-state index contributed by atoms with van der Waals surface area (Å²) in [5.74, 6) is -0.0938. The maximum atomic E-state index is 12.3. The fourth-order valence-corrected chi connectivity index (χ4v) is 3.20. The number of carbonyl (C=O) groups excluding carboxylic acids is 1. The minimum absolute atomic E-state index is 0.225. The molecule has 0 fully saturated rings. The Bertz CT molecular complexity index is 795. The minimum atomic E-state index is -0.523. The SMILES string of the molecule is COCCCn1c(S[C@H](C)C(=O)Nc2ncc(Cl)cc2Cl)n[nH]c1=O. The van der Waals surface area contributed by atoms with E-state index in [9.17, 15) is 9.59 Å². The number of thioether (sulfide) groups is 1. The normalized spacial score (nSPS) is 12.2. The molecule has 0 bridgehead atoms. The summed E-state index contributed by atoms with van der Waals surface area (Å²) in [6.45, 7) is 2.67. The molecule has 25 heavy (non-hydrogen) atoms. The van der Waals surface area contributed by atoms with Crippen LogP contribution >= 0.6 is 35.0 Å². The van der Waals surface area contributed by atoms with Gasteiger partial charge < -0.3 is 10.1 Å². The van der Waals surface area contributed by atoms with Gasteiger partial charge in [0.25, 0.3) is 0 Å². The maximum absolute atomic E-state index is 12.3. The van der Waals surface area contributed by atoms with Crippen LogP contribution in [0.4, 0.5) is 5.82 Å². The summed E-state index contributed by atoms with van der Waals surface area (Å²) in [7, 11) is 1.59. The van der Waals surface area contributed by atoms with E-state index < -0.39 is 5.25 Å². The minimum Gasteiger partial charge on any atom is -0.385 e. The van der Waals surface area contributed by atoms with Crippen molar-refractivity contribution in [3.8, 4) is 0 Å². The molecule has 11 heteroatoms. The zero-order valence-electron chi connectivity index (χ0n) is 13.6. The van der Waals surface area contributed by atoms with E-state index in [0.29, 0.717) is 29.8 Å². The molecule has 0 aliphatic carbocycles. The summed E-state index contributed by atoms with van der Waals surface area (Å²) in [4.78, 5) is 28.1. The summed E-state index contributed by atoms with van der Waals surface area (Å²) >= 11 is 12.9. The van der Waals surface area contributed by atoms with Crippen LogP contribution in [0.3, 0.4) is 0 Å². The van der Waals surface area contributed by atoms with Crippen LogP contribution in [0.25, 0.3) is 0 Å². The van der Waals surface area contributed by atoms with Gasteiger partial charge in [-0.1, -0.05) is 35.0 Å². The van der Waals surface area contributed by atoms with Crippen molar-refractivity contribution in [1.82, 2.24) is 19.7 Å². The molecule has 2 aromatic heterocycles. The average molecular weight is 406 g/mol. The summed E-state index contributed by atoms with van der Waals surface area (Å²) in [5, 5.41) is 9.51. The first-order chi connectivity index (χ1) is 11.9. The lowest BCUT2D eigenvalue weighted by atomic mass is 10.4. The summed E-state index contributed by atoms with van der Waals surface area (Å²) in [5.41, 5.74) is -0.325. The van der Waals surface area contributed by atoms with Crippen LogP contribution in [0.1, 0.15) is 13.3 Å². The predicted molar refractivity (Wildman–Crippen MR) is 97.5 cm³/mol.